The quantitative estimate of drug-likeness (QED) is 0.644. The zero-order valence-electron chi connectivity index (χ0n) is 5.79. The summed E-state index contributed by atoms with van der Waals surface area (Å²) in [6.45, 7) is 4.00. The molecule has 1 aromatic carbocycles. The molecule has 0 atom stereocenters. The van der Waals surface area contributed by atoms with Gasteiger partial charge < -0.3 is 0 Å². The Kier molecular flexibility index (Phi) is 14.0. The van der Waals surface area contributed by atoms with E-state index in [0.717, 1.165) is 0 Å². The first kappa shape index (κ1) is 11.7. The summed E-state index contributed by atoms with van der Waals surface area (Å²) in [6.07, 6.45) is 0. The van der Waals surface area contributed by atoms with Crippen LogP contribution in [-0.2, 0) is 21.1 Å². The average Bonchev–Trinajstić information content (AvgIpc) is 1.96. The van der Waals surface area contributed by atoms with Crippen LogP contribution in [0.4, 0.5) is 0 Å². The minimum Gasteiger partial charge on any atom is -0.184 e. The van der Waals surface area contributed by atoms with Crippen molar-refractivity contribution in [3.63, 3.8) is 0 Å². The molecule has 50 valence electrons. The molecule has 0 fully saturated rings. The molecule has 0 aliphatic carbocycles. The second kappa shape index (κ2) is 10.8. The van der Waals surface area contributed by atoms with Gasteiger partial charge in [0, 0.05) is 21.1 Å². The van der Waals surface area contributed by atoms with Gasteiger partial charge in [0.2, 0.25) is 0 Å². The van der Waals surface area contributed by atoms with Crippen LogP contribution in [0.15, 0.2) is 30.3 Å². The van der Waals surface area contributed by atoms with Gasteiger partial charge in [0.25, 0.3) is 0 Å². The monoisotopic (exact) mass is 291 g/mol. The molecule has 0 nitrogen and oxygen atoms in total. The van der Waals surface area contributed by atoms with Gasteiger partial charge >= 0.3 is 0 Å². The van der Waals surface area contributed by atoms with Crippen LogP contribution in [0.2, 0.25) is 0 Å². The molecule has 0 bridgehead atoms. The van der Waals surface area contributed by atoms with Crippen LogP contribution in [0.3, 0.4) is 0 Å². The predicted octanol–water partition coefficient (Wildman–Crippen LogP) is 2.51. The smallest absolute Gasteiger partial charge is 0 e. The van der Waals surface area contributed by atoms with Gasteiger partial charge in [0.1, 0.15) is 0 Å². The minimum atomic E-state index is 0. The number of hydrogen-bond acceptors (Lipinski definition) is 0. The maximum absolute atomic E-state index is 2.89. The third kappa shape index (κ3) is 7.91. The third-order valence-electron chi connectivity index (χ3n) is 0.607. The standard InChI is InChI=1S/C6H5.C2H6.W/c1-2-4-6-5-3-1;1-2;/h1-5H;1-2H3;/q-1;;. The minimum absolute atomic E-state index is 0. The summed E-state index contributed by atoms with van der Waals surface area (Å²) in [5, 5.41) is 0. The van der Waals surface area contributed by atoms with E-state index >= 15 is 0 Å². The normalized spacial score (nSPS) is 6.00. The van der Waals surface area contributed by atoms with E-state index in [1.165, 1.54) is 0 Å². The molecule has 0 spiro atoms. The molecule has 0 unspecified atom stereocenters. The van der Waals surface area contributed by atoms with Gasteiger partial charge in [0.05, 0.1) is 0 Å². The van der Waals surface area contributed by atoms with E-state index in [-0.39, 0.29) is 21.1 Å². The van der Waals surface area contributed by atoms with Crippen LogP contribution in [0.5, 0.6) is 0 Å². The van der Waals surface area contributed by atoms with Crippen molar-refractivity contribution in [3.8, 4) is 0 Å². The number of benzene rings is 1. The van der Waals surface area contributed by atoms with E-state index in [1.54, 1.807) is 0 Å². The molecule has 0 N–H and O–H groups in total. The first-order valence-corrected chi connectivity index (χ1v) is 2.91. The topological polar surface area (TPSA) is 0 Å². The Labute approximate surface area is 71.6 Å². The summed E-state index contributed by atoms with van der Waals surface area (Å²) < 4.78 is 0. The molecule has 1 rings (SSSR count). The van der Waals surface area contributed by atoms with E-state index in [0.29, 0.717) is 0 Å². The number of rotatable bonds is 0. The van der Waals surface area contributed by atoms with Gasteiger partial charge in [0.15, 0.2) is 0 Å². The Bertz CT molecular complexity index is 76.5. The molecule has 0 aliphatic rings. The van der Waals surface area contributed by atoms with Crippen molar-refractivity contribution in [2.75, 3.05) is 0 Å². The van der Waals surface area contributed by atoms with E-state index in [4.69, 9.17) is 0 Å². The van der Waals surface area contributed by atoms with E-state index in [2.05, 4.69) is 6.07 Å². The molecule has 0 radical (unpaired) electrons. The summed E-state index contributed by atoms with van der Waals surface area (Å²) in [4.78, 5) is 0. The fourth-order valence-electron chi connectivity index (χ4n) is 0.342. The fourth-order valence-corrected chi connectivity index (χ4v) is 0.342. The SMILES string of the molecule is CC.[W].[c-]1ccccc1. The van der Waals surface area contributed by atoms with Crippen molar-refractivity contribution < 1.29 is 21.1 Å². The molecule has 0 heterocycles. The zero-order valence-corrected chi connectivity index (χ0v) is 8.73. The molecular formula is C8H11W-. The fraction of sp³-hybridized carbons (Fsp3) is 0.250. The van der Waals surface area contributed by atoms with Gasteiger partial charge in [-0.2, -0.15) is 36.4 Å². The Hall–Kier alpha value is -0.0917. The van der Waals surface area contributed by atoms with Crippen molar-refractivity contribution in [1.29, 1.82) is 0 Å². The Morgan fingerprint density at radius 3 is 1.44 bits per heavy atom. The molecular weight excluding hydrogens is 280 g/mol. The summed E-state index contributed by atoms with van der Waals surface area (Å²) in [5.41, 5.74) is 0. The van der Waals surface area contributed by atoms with Crippen LogP contribution >= 0.6 is 0 Å². The zero-order chi connectivity index (χ0) is 6.24. The van der Waals surface area contributed by atoms with Crippen molar-refractivity contribution in [2.24, 2.45) is 0 Å². The predicted molar refractivity (Wildman–Crippen MR) is 36.6 cm³/mol. The van der Waals surface area contributed by atoms with Crippen molar-refractivity contribution in [2.45, 2.75) is 13.8 Å². The summed E-state index contributed by atoms with van der Waals surface area (Å²) >= 11 is 0. The molecule has 0 aromatic heterocycles. The largest absolute Gasteiger partial charge is 0.184 e. The third-order valence-corrected chi connectivity index (χ3v) is 0.607. The van der Waals surface area contributed by atoms with E-state index in [1.807, 2.05) is 44.2 Å². The molecule has 9 heavy (non-hydrogen) atoms. The number of hydrogen-bond donors (Lipinski definition) is 0. The molecule has 0 aliphatic heterocycles. The molecule has 1 heteroatoms. The van der Waals surface area contributed by atoms with Gasteiger partial charge in [-0.3, -0.25) is 0 Å². The Balaban J connectivity index is 0. The van der Waals surface area contributed by atoms with Crippen LogP contribution in [-0.4, -0.2) is 0 Å². The van der Waals surface area contributed by atoms with E-state index in [9.17, 15) is 0 Å². The molecule has 1 aromatic rings. The Morgan fingerprint density at radius 2 is 1.33 bits per heavy atom. The van der Waals surface area contributed by atoms with Gasteiger partial charge in [-0.15, -0.1) is 0 Å². The molecule has 0 saturated heterocycles. The van der Waals surface area contributed by atoms with Crippen LogP contribution < -0.4 is 0 Å². The van der Waals surface area contributed by atoms with Gasteiger partial charge in [-0.05, 0) is 0 Å². The van der Waals surface area contributed by atoms with Crippen LogP contribution in [0.25, 0.3) is 0 Å². The van der Waals surface area contributed by atoms with Crippen LogP contribution in [0.1, 0.15) is 13.8 Å². The van der Waals surface area contributed by atoms with E-state index < -0.39 is 0 Å². The van der Waals surface area contributed by atoms with Gasteiger partial charge in [-0.1, -0.05) is 13.8 Å². The van der Waals surface area contributed by atoms with Crippen molar-refractivity contribution in [1.82, 2.24) is 0 Å². The van der Waals surface area contributed by atoms with Crippen LogP contribution in [0, 0.1) is 6.07 Å². The first-order valence-electron chi connectivity index (χ1n) is 2.91. The first-order chi connectivity index (χ1) is 4.00. The molecule has 0 amide bonds. The molecule has 0 saturated carbocycles. The van der Waals surface area contributed by atoms with Crippen molar-refractivity contribution >= 4 is 0 Å². The second-order valence-electron chi connectivity index (χ2n) is 1.08. The van der Waals surface area contributed by atoms with Gasteiger partial charge in [-0.25, -0.2) is 0 Å². The summed E-state index contributed by atoms with van der Waals surface area (Å²) in [7, 11) is 0. The Morgan fingerprint density at radius 1 is 0.889 bits per heavy atom. The summed E-state index contributed by atoms with van der Waals surface area (Å²) in [5.74, 6) is 0. The maximum Gasteiger partial charge on any atom is 0 e. The average molecular weight is 291 g/mol. The van der Waals surface area contributed by atoms with Crippen molar-refractivity contribution in [3.05, 3.63) is 36.4 Å². The second-order valence-corrected chi connectivity index (χ2v) is 1.08. The maximum atomic E-state index is 2.89. The summed E-state index contributed by atoms with van der Waals surface area (Å²) in [6, 6.07) is 12.5.